The Morgan fingerprint density at radius 2 is 1.60 bits per heavy atom. The van der Waals surface area contributed by atoms with Crippen LogP contribution in [0.5, 0.6) is 0 Å². The second kappa shape index (κ2) is 9.29. The van der Waals surface area contributed by atoms with E-state index in [-0.39, 0.29) is 0 Å². The highest BCUT2D eigenvalue weighted by atomic mass is 16.2. The summed E-state index contributed by atoms with van der Waals surface area (Å²) in [5.74, 6) is 0.760. The predicted octanol–water partition coefficient (Wildman–Crippen LogP) is 5.82. The molecule has 1 saturated heterocycles. The molecule has 30 heavy (non-hydrogen) atoms. The zero-order valence-corrected chi connectivity index (χ0v) is 18.0. The molecular weight excluding hydrogens is 370 g/mol. The Balaban J connectivity index is 1.56. The van der Waals surface area contributed by atoms with Gasteiger partial charge in [0, 0.05) is 25.1 Å². The molecule has 4 rings (SSSR count). The van der Waals surface area contributed by atoms with Gasteiger partial charge in [-0.05, 0) is 30.4 Å². The van der Waals surface area contributed by atoms with Gasteiger partial charge in [-0.3, -0.25) is 9.48 Å². The van der Waals surface area contributed by atoms with Crippen molar-refractivity contribution in [2.24, 2.45) is 5.92 Å². The number of hydrogen-bond donors (Lipinski definition) is 0. The number of nitrogens with zero attached hydrogens (tertiary/aromatic N) is 3. The van der Waals surface area contributed by atoms with Crippen LogP contribution in [0.3, 0.4) is 0 Å². The molecule has 0 N–H and O–H groups in total. The van der Waals surface area contributed by atoms with Crippen molar-refractivity contribution in [2.75, 3.05) is 13.1 Å². The van der Waals surface area contributed by atoms with Gasteiger partial charge in [-0.1, -0.05) is 80.9 Å². The maximum Gasteiger partial charge on any atom is 0.222 e. The summed E-state index contributed by atoms with van der Waals surface area (Å²) in [5, 5.41) is 5.03. The molecule has 0 unspecified atom stereocenters. The molecule has 1 atom stereocenters. The van der Waals surface area contributed by atoms with Gasteiger partial charge in [0.15, 0.2) is 0 Å². The number of amides is 1. The molecule has 4 nitrogen and oxygen atoms in total. The van der Waals surface area contributed by atoms with Gasteiger partial charge in [-0.15, -0.1) is 0 Å². The van der Waals surface area contributed by atoms with E-state index in [0.717, 1.165) is 49.3 Å². The third-order valence-corrected chi connectivity index (χ3v) is 6.26. The summed E-state index contributed by atoms with van der Waals surface area (Å²) < 4.78 is 2.20. The van der Waals surface area contributed by atoms with Gasteiger partial charge < -0.3 is 4.90 Å². The molecule has 0 radical (unpaired) electrons. The molecule has 1 amide bonds. The third kappa shape index (κ3) is 4.48. The number of benzene rings is 2. The second-order valence-corrected chi connectivity index (χ2v) is 8.42. The smallest absolute Gasteiger partial charge is 0.222 e. The molecule has 0 aliphatic carbocycles. The van der Waals surface area contributed by atoms with E-state index in [9.17, 15) is 4.79 Å². The van der Waals surface area contributed by atoms with Crippen LogP contribution in [0.1, 0.15) is 45.6 Å². The first-order chi connectivity index (χ1) is 14.7. The van der Waals surface area contributed by atoms with Gasteiger partial charge in [-0.25, -0.2) is 0 Å². The van der Waals surface area contributed by atoms with Crippen molar-refractivity contribution < 1.29 is 4.79 Å². The Morgan fingerprint density at radius 1 is 1.00 bits per heavy atom. The minimum Gasteiger partial charge on any atom is -0.343 e. The Kier molecular flexibility index (Phi) is 6.32. The first-order valence-corrected chi connectivity index (χ1v) is 11.1. The van der Waals surface area contributed by atoms with Crippen LogP contribution < -0.4 is 0 Å². The highest BCUT2D eigenvalue weighted by Gasteiger charge is 2.27. The monoisotopic (exact) mass is 401 g/mol. The minimum absolute atomic E-state index is 0.302. The van der Waals surface area contributed by atoms with Crippen molar-refractivity contribution in [3.8, 4) is 22.5 Å². The molecule has 2 heterocycles. The fraction of sp³-hybridized carbons (Fsp3) is 0.385. The summed E-state index contributed by atoms with van der Waals surface area (Å²) in [4.78, 5) is 14.6. The number of carbonyl (C=O) groups is 1. The van der Waals surface area contributed by atoms with Gasteiger partial charge >= 0.3 is 0 Å². The Morgan fingerprint density at radius 3 is 2.20 bits per heavy atom. The fourth-order valence-electron chi connectivity index (χ4n) is 4.18. The van der Waals surface area contributed by atoms with E-state index in [1.54, 1.807) is 0 Å². The summed E-state index contributed by atoms with van der Waals surface area (Å²) in [5.41, 5.74) is 4.47. The van der Waals surface area contributed by atoms with Crippen molar-refractivity contribution in [1.82, 2.24) is 14.7 Å². The van der Waals surface area contributed by atoms with Crippen LogP contribution >= 0.6 is 0 Å². The number of carbonyl (C=O) groups excluding carboxylic acids is 1. The predicted molar refractivity (Wildman–Crippen MR) is 122 cm³/mol. The lowest BCUT2D eigenvalue weighted by atomic mass is 10.0. The lowest BCUT2D eigenvalue weighted by Gasteiger charge is -2.33. The van der Waals surface area contributed by atoms with E-state index in [1.165, 1.54) is 5.56 Å². The van der Waals surface area contributed by atoms with Crippen molar-refractivity contribution in [3.63, 3.8) is 0 Å². The average Bonchev–Trinajstić information content (AvgIpc) is 3.26. The molecule has 1 aliphatic heterocycles. The topological polar surface area (TPSA) is 38.1 Å². The molecule has 0 spiro atoms. The molecular formula is C26H31N3O. The lowest BCUT2D eigenvalue weighted by Crippen LogP contribution is -2.39. The molecule has 156 valence electrons. The normalized spacial score (nSPS) is 15.9. The van der Waals surface area contributed by atoms with Crippen LogP contribution in [-0.4, -0.2) is 33.7 Å². The van der Waals surface area contributed by atoms with Crippen LogP contribution in [0.25, 0.3) is 22.5 Å². The van der Waals surface area contributed by atoms with Crippen molar-refractivity contribution >= 4 is 5.91 Å². The summed E-state index contributed by atoms with van der Waals surface area (Å²) in [6, 6.07) is 23.4. The summed E-state index contributed by atoms with van der Waals surface area (Å²) in [6.07, 6.45) is 3.61. The third-order valence-electron chi connectivity index (χ3n) is 6.26. The van der Waals surface area contributed by atoms with E-state index in [4.69, 9.17) is 5.10 Å². The second-order valence-electron chi connectivity index (χ2n) is 8.42. The molecule has 2 aromatic carbocycles. The SMILES string of the molecule is CC[C@H](C)CC(=O)N1CCC(n2nc(-c3ccccc3)cc2-c2ccccc2)CC1. The zero-order valence-electron chi connectivity index (χ0n) is 18.0. The van der Waals surface area contributed by atoms with E-state index < -0.39 is 0 Å². The Labute approximate surface area is 179 Å². The average molecular weight is 402 g/mol. The highest BCUT2D eigenvalue weighted by Crippen LogP contribution is 2.32. The maximum atomic E-state index is 12.6. The fourth-order valence-corrected chi connectivity index (χ4v) is 4.18. The standard InChI is InChI=1S/C26H31N3O/c1-3-20(2)18-26(30)28-16-14-23(15-17-28)29-25(22-12-8-5-9-13-22)19-24(27-29)21-10-6-4-7-11-21/h4-13,19-20,23H,3,14-18H2,1-2H3/t20-/m0/s1. The summed E-state index contributed by atoms with van der Waals surface area (Å²) in [7, 11) is 0. The number of piperidine rings is 1. The summed E-state index contributed by atoms with van der Waals surface area (Å²) in [6.45, 7) is 5.94. The lowest BCUT2D eigenvalue weighted by molar-refractivity contribution is -0.133. The Hall–Kier alpha value is -2.88. The van der Waals surface area contributed by atoms with Crippen LogP contribution in [0.15, 0.2) is 66.7 Å². The number of likely N-dealkylation sites (tertiary alicyclic amines) is 1. The van der Waals surface area contributed by atoms with Gasteiger partial charge in [0.2, 0.25) is 5.91 Å². The zero-order chi connectivity index (χ0) is 20.9. The van der Waals surface area contributed by atoms with E-state index in [0.29, 0.717) is 24.3 Å². The van der Waals surface area contributed by atoms with Crippen LogP contribution in [0.2, 0.25) is 0 Å². The van der Waals surface area contributed by atoms with Gasteiger partial charge in [0.25, 0.3) is 0 Å². The van der Waals surface area contributed by atoms with E-state index in [1.807, 2.05) is 17.0 Å². The summed E-state index contributed by atoms with van der Waals surface area (Å²) >= 11 is 0. The van der Waals surface area contributed by atoms with E-state index in [2.05, 4.69) is 73.1 Å². The highest BCUT2D eigenvalue weighted by molar-refractivity contribution is 5.76. The van der Waals surface area contributed by atoms with Crippen molar-refractivity contribution in [3.05, 3.63) is 66.7 Å². The Bertz CT molecular complexity index is 956. The number of hydrogen-bond acceptors (Lipinski definition) is 2. The largest absolute Gasteiger partial charge is 0.343 e. The molecule has 0 saturated carbocycles. The van der Waals surface area contributed by atoms with Gasteiger partial charge in [0.1, 0.15) is 0 Å². The van der Waals surface area contributed by atoms with Crippen molar-refractivity contribution in [2.45, 2.75) is 45.6 Å². The van der Waals surface area contributed by atoms with E-state index >= 15 is 0 Å². The van der Waals surface area contributed by atoms with Crippen LogP contribution in [0.4, 0.5) is 0 Å². The van der Waals surface area contributed by atoms with Gasteiger partial charge in [0.05, 0.1) is 17.4 Å². The first-order valence-electron chi connectivity index (χ1n) is 11.1. The first kappa shape index (κ1) is 20.4. The molecule has 4 heteroatoms. The molecule has 0 bridgehead atoms. The minimum atomic E-state index is 0.302. The number of rotatable bonds is 6. The quantitative estimate of drug-likeness (QED) is 0.522. The molecule has 1 aliphatic rings. The maximum absolute atomic E-state index is 12.6. The molecule has 3 aromatic rings. The van der Waals surface area contributed by atoms with Crippen LogP contribution in [0, 0.1) is 5.92 Å². The van der Waals surface area contributed by atoms with Gasteiger partial charge in [-0.2, -0.15) is 5.10 Å². The van der Waals surface area contributed by atoms with Crippen molar-refractivity contribution in [1.29, 1.82) is 0 Å². The molecule has 1 fully saturated rings. The van der Waals surface area contributed by atoms with Crippen LogP contribution in [-0.2, 0) is 4.79 Å². The number of aromatic nitrogens is 2. The molecule has 1 aromatic heterocycles.